The zero-order valence-electron chi connectivity index (χ0n) is 10.1. The van der Waals surface area contributed by atoms with Crippen LogP contribution in [0.25, 0.3) is 11.5 Å². The number of aliphatic hydroxyl groups is 1. The highest BCUT2D eigenvalue weighted by Crippen LogP contribution is 2.24. The van der Waals surface area contributed by atoms with Gasteiger partial charge in [0.15, 0.2) is 0 Å². The van der Waals surface area contributed by atoms with Gasteiger partial charge in [0.1, 0.15) is 0 Å². The van der Waals surface area contributed by atoms with Crippen LogP contribution in [0.15, 0.2) is 46.2 Å². The van der Waals surface area contributed by atoms with E-state index in [0.717, 1.165) is 11.1 Å². The van der Waals surface area contributed by atoms with Crippen LogP contribution in [0.2, 0.25) is 0 Å². The molecule has 2 rings (SSSR count). The van der Waals surface area contributed by atoms with E-state index >= 15 is 0 Å². The van der Waals surface area contributed by atoms with Gasteiger partial charge in [-0.3, -0.25) is 0 Å². The van der Waals surface area contributed by atoms with Crippen LogP contribution in [-0.4, -0.2) is 21.1 Å². The van der Waals surface area contributed by atoms with Gasteiger partial charge in [-0.05, 0) is 19.1 Å². The van der Waals surface area contributed by atoms with E-state index in [-0.39, 0.29) is 5.76 Å². The Kier molecular flexibility index (Phi) is 4.04. The first-order valence-corrected chi connectivity index (χ1v) is 6.54. The van der Waals surface area contributed by atoms with Gasteiger partial charge in [0, 0.05) is 17.7 Å². The van der Waals surface area contributed by atoms with Gasteiger partial charge in [0.25, 0.3) is 5.22 Å². The topological polar surface area (TPSA) is 59.2 Å². The van der Waals surface area contributed by atoms with Crippen molar-refractivity contribution in [2.75, 3.05) is 5.75 Å². The van der Waals surface area contributed by atoms with Gasteiger partial charge in [0.05, 0.1) is 5.76 Å². The molecule has 5 heteroatoms. The number of aryl methyl sites for hydroxylation is 1. The fourth-order valence-corrected chi connectivity index (χ4v) is 2.17. The van der Waals surface area contributed by atoms with E-state index in [1.54, 1.807) is 0 Å². The molecular weight excluding hydrogens is 248 g/mol. The average molecular weight is 262 g/mol. The van der Waals surface area contributed by atoms with Gasteiger partial charge >= 0.3 is 0 Å². The Morgan fingerprint density at radius 1 is 1.44 bits per heavy atom. The van der Waals surface area contributed by atoms with Crippen molar-refractivity contribution in [2.45, 2.75) is 18.6 Å². The van der Waals surface area contributed by atoms with Gasteiger partial charge in [-0.2, -0.15) is 0 Å². The normalized spacial score (nSPS) is 10.5. The fraction of sp³-hybridized carbons (Fsp3) is 0.231. The maximum absolute atomic E-state index is 8.97. The molecule has 1 aromatic carbocycles. The highest BCUT2D eigenvalue weighted by molar-refractivity contribution is 7.99. The lowest BCUT2D eigenvalue weighted by Gasteiger charge is -1.96. The molecule has 0 saturated carbocycles. The molecule has 0 unspecified atom stereocenters. The number of aromatic nitrogens is 2. The summed E-state index contributed by atoms with van der Waals surface area (Å²) in [6, 6.07) is 7.90. The first-order chi connectivity index (χ1) is 8.65. The van der Waals surface area contributed by atoms with Crippen LogP contribution in [0.4, 0.5) is 0 Å². The molecular formula is C13H14N2O2S. The molecule has 0 aliphatic carbocycles. The molecule has 4 nitrogen and oxygen atoms in total. The highest BCUT2D eigenvalue weighted by atomic mass is 32.2. The maximum Gasteiger partial charge on any atom is 0.276 e. The third kappa shape index (κ3) is 3.37. The molecule has 0 radical (unpaired) electrons. The highest BCUT2D eigenvalue weighted by Gasteiger charge is 2.08. The lowest BCUT2D eigenvalue weighted by Crippen LogP contribution is -1.82. The first-order valence-electron chi connectivity index (χ1n) is 5.55. The SMILES string of the molecule is C=C(O)CCSc1nnc(-c2cccc(C)c2)o1. The van der Waals surface area contributed by atoms with E-state index in [2.05, 4.69) is 16.8 Å². The summed E-state index contributed by atoms with van der Waals surface area (Å²) < 4.78 is 5.54. The van der Waals surface area contributed by atoms with Gasteiger partial charge < -0.3 is 9.52 Å². The molecule has 0 fully saturated rings. The number of aliphatic hydroxyl groups excluding tert-OH is 1. The van der Waals surface area contributed by atoms with Gasteiger partial charge in [0.2, 0.25) is 5.89 Å². The second-order valence-electron chi connectivity index (χ2n) is 3.91. The number of allylic oxidation sites excluding steroid dienone is 1. The van der Waals surface area contributed by atoms with Crippen LogP contribution in [-0.2, 0) is 0 Å². The standard InChI is InChI=1S/C13H14N2O2S/c1-9-4-3-5-11(8-9)12-14-15-13(17-12)18-7-6-10(2)16/h3-5,8,16H,2,6-7H2,1H3. The summed E-state index contributed by atoms with van der Waals surface area (Å²) >= 11 is 1.41. The predicted octanol–water partition coefficient (Wildman–Crippen LogP) is 3.60. The summed E-state index contributed by atoms with van der Waals surface area (Å²) in [5.41, 5.74) is 2.07. The minimum Gasteiger partial charge on any atom is -0.513 e. The zero-order chi connectivity index (χ0) is 13.0. The molecule has 1 aromatic heterocycles. The Morgan fingerprint density at radius 2 is 2.28 bits per heavy atom. The number of benzene rings is 1. The Hall–Kier alpha value is -1.75. The predicted molar refractivity (Wildman–Crippen MR) is 71.6 cm³/mol. The Labute approximate surface area is 110 Å². The molecule has 18 heavy (non-hydrogen) atoms. The summed E-state index contributed by atoms with van der Waals surface area (Å²) in [6.45, 7) is 5.44. The van der Waals surface area contributed by atoms with E-state index in [1.165, 1.54) is 11.8 Å². The second-order valence-corrected chi connectivity index (χ2v) is 4.95. The molecule has 0 spiro atoms. The second kappa shape index (κ2) is 5.73. The third-order valence-electron chi connectivity index (χ3n) is 2.29. The zero-order valence-corrected chi connectivity index (χ0v) is 10.9. The summed E-state index contributed by atoms with van der Waals surface area (Å²) in [4.78, 5) is 0. The quantitative estimate of drug-likeness (QED) is 0.659. The largest absolute Gasteiger partial charge is 0.513 e. The van der Waals surface area contributed by atoms with Crippen LogP contribution in [0.1, 0.15) is 12.0 Å². The number of nitrogens with zero attached hydrogens (tertiary/aromatic N) is 2. The van der Waals surface area contributed by atoms with Gasteiger partial charge in [-0.1, -0.05) is 36.0 Å². The monoisotopic (exact) mass is 262 g/mol. The molecule has 94 valence electrons. The number of hydrogen-bond acceptors (Lipinski definition) is 5. The Morgan fingerprint density at radius 3 is 3.00 bits per heavy atom. The molecule has 1 N–H and O–H groups in total. The Balaban J connectivity index is 2.04. The number of rotatable bonds is 5. The van der Waals surface area contributed by atoms with E-state index < -0.39 is 0 Å². The van der Waals surface area contributed by atoms with E-state index in [4.69, 9.17) is 9.52 Å². The van der Waals surface area contributed by atoms with Crippen molar-refractivity contribution in [1.29, 1.82) is 0 Å². The fourth-order valence-electron chi connectivity index (χ4n) is 1.42. The molecule has 0 saturated heterocycles. The molecule has 1 heterocycles. The minimum absolute atomic E-state index is 0.168. The summed E-state index contributed by atoms with van der Waals surface area (Å²) in [5.74, 6) is 1.36. The van der Waals surface area contributed by atoms with Crippen LogP contribution in [0.5, 0.6) is 0 Å². The molecule has 0 bridgehead atoms. The lowest BCUT2D eigenvalue weighted by molar-refractivity contribution is 0.398. The van der Waals surface area contributed by atoms with E-state index in [1.807, 2.05) is 31.2 Å². The Bertz CT molecular complexity index is 551. The van der Waals surface area contributed by atoms with Crippen molar-refractivity contribution in [1.82, 2.24) is 10.2 Å². The number of hydrogen-bond donors (Lipinski definition) is 1. The average Bonchev–Trinajstić information content (AvgIpc) is 2.77. The van der Waals surface area contributed by atoms with Crippen LogP contribution in [0, 0.1) is 6.92 Å². The van der Waals surface area contributed by atoms with Crippen molar-refractivity contribution >= 4 is 11.8 Å². The summed E-state index contributed by atoms with van der Waals surface area (Å²) in [7, 11) is 0. The van der Waals surface area contributed by atoms with Crippen molar-refractivity contribution < 1.29 is 9.52 Å². The van der Waals surface area contributed by atoms with E-state index in [9.17, 15) is 0 Å². The van der Waals surface area contributed by atoms with E-state index in [0.29, 0.717) is 23.3 Å². The van der Waals surface area contributed by atoms with Crippen LogP contribution < -0.4 is 0 Å². The molecule has 0 amide bonds. The molecule has 2 aromatic rings. The van der Waals surface area contributed by atoms with Crippen molar-refractivity contribution in [3.05, 3.63) is 42.2 Å². The minimum atomic E-state index is 0.168. The maximum atomic E-state index is 8.97. The van der Waals surface area contributed by atoms with Gasteiger partial charge in [-0.25, -0.2) is 0 Å². The third-order valence-corrected chi connectivity index (χ3v) is 3.11. The summed E-state index contributed by atoms with van der Waals surface area (Å²) in [5, 5.41) is 17.4. The summed E-state index contributed by atoms with van der Waals surface area (Å²) in [6.07, 6.45) is 0.521. The van der Waals surface area contributed by atoms with Crippen molar-refractivity contribution in [2.24, 2.45) is 0 Å². The lowest BCUT2D eigenvalue weighted by atomic mass is 10.1. The molecule has 0 aliphatic heterocycles. The number of thioether (sulfide) groups is 1. The first kappa shape index (κ1) is 12.7. The van der Waals surface area contributed by atoms with Gasteiger partial charge in [-0.15, -0.1) is 10.2 Å². The van der Waals surface area contributed by atoms with Crippen molar-refractivity contribution in [3.8, 4) is 11.5 Å². The van der Waals surface area contributed by atoms with Crippen molar-refractivity contribution in [3.63, 3.8) is 0 Å². The van der Waals surface area contributed by atoms with Crippen LogP contribution >= 0.6 is 11.8 Å². The molecule has 0 aliphatic rings. The molecule has 0 atom stereocenters. The van der Waals surface area contributed by atoms with Crippen LogP contribution in [0.3, 0.4) is 0 Å². The smallest absolute Gasteiger partial charge is 0.276 e.